The number of nitrogen functional groups attached to an aromatic ring is 1. The summed E-state index contributed by atoms with van der Waals surface area (Å²) in [6.07, 6.45) is 0.717. The number of benzene rings is 1. The number of halogens is 1. The van der Waals surface area contributed by atoms with E-state index in [1.54, 1.807) is 23.9 Å². The molecule has 88 valence electrons. The highest BCUT2D eigenvalue weighted by molar-refractivity contribution is 8.01. The molecule has 1 fully saturated rings. The van der Waals surface area contributed by atoms with Crippen molar-refractivity contribution in [3.05, 3.63) is 23.2 Å². The van der Waals surface area contributed by atoms with Crippen molar-refractivity contribution in [1.29, 1.82) is 0 Å². The SMILES string of the molecule is Nc1ccc(SC2CCS(=O)(=O)C2)cc1Cl. The van der Waals surface area contributed by atoms with Gasteiger partial charge in [0, 0.05) is 10.1 Å². The van der Waals surface area contributed by atoms with E-state index in [0.717, 1.165) is 11.3 Å². The lowest BCUT2D eigenvalue weighted by Gasteiger charge is -2.08. The minimum absolute atomic E-state index is 0.143. The molecule has 1 saturated heterocycles. The van der Waals surface area contributed by atoms with Crippen LogP contribution in [-0.4, -0.2) is 25.2 Å². The Morgan fingerprint density at radius 2 is 2.19 bits per heavy atom. The Bertz CT molecular complexity index is 502. The van der Waals surface area contributed by atoms with E-state index in [1.165, 1.54) is 0 Å². The second-order valence-corrected chi connectivity index (χ2v) is 7.84. The van der Waals surface area contributed by atoms with Crippen molar-refractivity contribution in [2.24, 2.45) is 0 Å². The summed E-state index contributed by atoms with van der Waals surface area (Å²) < 4.78 is 22.6. The molecule has 0 amide bonds. The Kier molecular flexibility index (Phi) is 3.37. The molecule has 2 N–H and O–H groups in total. The van der Waals surface area contributed by atoms with E-state index in [4.69, 9.17) is 17.3 Å². The zero-order valence-electron chi connectivity index (χ0n) is 8.52. The summed E-state index contributed by atoms with van der Waals surface area (Å²) in [5.74, 6) is 0.563. The van der Waals surface area contributed by atoms with E-state index in [9.17, 15) is 8.42 Å². The Morgan fingerprint density at radius 3 is 2.75 bits per heavy atom. The summed E-state index contributed by atoms with van der Waals surface area (Å²) in [5, 5.41) is 0.663. The number of thioether (sulfide) groups is 1. The first-order valence-corrected chi connectivity index (χ1v) is 7.96. The largest absolute Gasteiger partial charge is 0.398 e. The topological polar surface area (TPSA) is 60.2 Å². The highest BCUT2D eigenvalue weighted by Crippen LogP contribution is 2.33. The Hall–Kier alpha value is -0.390. The lowest BCUT2D eigenvalue weighted by atomic mass is 10.3. The number of hydrogen-bond acceptors (Lipinski definition) is 4. The van der Waals surface area contributed by atoms with Crippen LogP contribution < -0.4 is 5.73 Å². The fraction of sp³-hybridized carbons (Fsp3) is 0.400. The van der Waals surface area contributed by atoms with E-state index in [2.05, 4.69) is 0 Å². The molecule has 1 heterocycles. The minimum Gasteiger partial charge on any atom is -0.398 e. The summed E-state index contributed by atoms with van der Waals surface area (Å²) in [5.41, 5.74) is 6.15. The van der Waals surface area contributed by atoms with Crippen LogP contribution in [0.2, 0.25) is 5.02 Å². The first-order valence-electron chi connectivity index (χ1n) is 4.88. The zero-order valence-corrected chi connectivity index (χ0v) is 10.9. The van der Waals surface area contributed by atoms with Crippen LogP contribution in [0.3, 0.4) is 0 Å². The van der Waals surface area contributed by atoms with Crippen molar-refractivity contribution < 1.29 is 8.42 Å². The van der Waals surface area contributed by atoms with Gasteiger partial charge in [-0.05, 0) is 24.6 Å². The van der Waals surface area contributed by atoms with Crippen molar-refractivity contribution in [3.63, 3.8) is 0 Å². The lowest BCUT2D eigenvalue weighted by molar-refractivity contribution is 0.602. The molecular formula is C10H12ClNO2S2. The van der Waals surface area contributed by atoms with Gasteiger partial charge >= 0.3 is 0 Å². The molecule has 1 aliphatic rings. The lowest BCUT2D eigenvalue weighted by Crippen LogP contribution is -2.05. The second kappa shape index (κ2) is 4.47. The van der Waals surface area contributed by atoms with Gasteiger partial charge in [-0.1, -0.05) is 11.6 Å². The van der Waals surface area contributed by atoms with Crippen LogP contribution in [0.5, 0.6) is 0 Å². The molecule has 1 unspecified atom stereocenters. The second-order valence-electron chi connectivity index (χ2n) is 3.83. The highest BCUT2D eigenvalue weighted by atomic mass is 35.5. The molecule has 1 atom stereocenters. The number of sulfone groups is 1. The average Bonchev–Trinajstić information content (AvgIpc) is 2.52. The molecule has 0 spiro atoms. The van der Waals surface area contributed by atoms with Gasteiger partial charge in [0.15, 0.2) is 9.84 Å². The summed E-state index contributed by atoms with van der Waals surface area (Å²) in [6, 6.07) is 5.40. The molecule has 1 aliphatic heterocycles. The van der Waals surface area contributed by atoms with Crippen molar-refractivity contribution >= 4 is 38.9 Å². The number of anilines is 1. The molecule has 0 bridgehead atoms. The number of rotatable bonds is 2. The maximum Gasteiger partial charge on any atom is 0.151 e. The van der Waals surface area contributed by atoms with Crippen LogP contribution in [0.4, 0.5) is 5.69 Å². The molecule has 1 aromatic rings. The first kappa shape index (κ1) is 12.1. The van der Waals surface area contributed by atoms with Crippen LogP contribution in [0, 0.1) is 0 Å². The van der Waals surface area contributed by atoms with Crippen LogP contribution in [0.15, 0.2) is 23.1 Å². The summed E-state index contributed by atoms with van der Waals surface area (Å²) >= 11 is 7.46. The van der Waals surface area contributed by atoms with E-state index in [-0.39, 0.29) is 11.0 Å². The third kappa shape index (κ3) is 2.84. The van der Waals surface area contributed by atoms with E-state index >= 15 is 0 Å². The van der Waals surface area contributed by atoms with Gasteiger partial charge in [0.05, 0.1) is 22.2 Å². The Balaban J connectivity index is 2.08. The summed E-state index contributed by atoms with van der Waals surface area (Å²) in [6.45, 7) is 0. The predicted octanol–water partition coefficient (Wildman–Crippen LogP) is 2.20. The molecule has 3 nitrogen and oxygen atoms in total. The fourth-order valence-electron chi connectivity index (χ4n) is 1.63. The maximum atomic E-state index is 11.3. The van der Waals surface area contributed by atoms with Crippen molar-refractivity contribution in [2.75, 3.05) is 17.2 Å². The number of hydrogen-bond donors (Lipinski definition) is 1. The van der Waals surface area contributed by atoms with E-state index in [0.29, 0.717) is 16.5 Å². The highest BCUT2D eigenvalue weighted by Gasteiger charge is 2.28. The third-order valence-corrected chi connectivity index (χ3v) is 6.03. The van der Waals surface area contributed by atoms with E-state index < -0.39 is 9.84 Å². The smallest absolute Gasteiger partial charge is 0.151 e. The molecule has 6 heteroatoms. The van der Waals surface area contributed by atoms with Gasteiger partial charge in [-0.15, -0.1) is 11.8 Å². The standard InChI is InChI=1S/C10H12ClNO2S2/c11-9-5-7(1-2-10(9)12)15-8-3-4-16(13,14)6-8/h1-2,5,8H,3-4,6,12H2. The van der Waals surface area contributed by atoms with Crippen molar-refractivity contribution in [1.82, 2.24) is 0 Å². The predicted molar refractivity (Wildman–Crippen MR) is 68.8 cm³/mol. The fourth-order valence-corrected chi connectivity index (χ4v) is 5.41. The van der Waals surface area contributed by atoms with Gasteiger partial charge in [-0.25, -0.2) is 8.42 Å². The molecule has 0 aliphatic carbocycles. The molecule has 2 rings (SSSR count). The van der Waals surface area contributed by atoms with Crippen LogP contribution in [0.25, 0.3) is 0 Å². The van der Waals surface area contributed by atoms with Crippen LogP contribution in [-0.2, 0) is 9.84 Å². The first-order chi connectivity index (χ1) is 7.46. The van der Waals surface area contributed by atoms with Crippen LogP contribution >= 0.6 is 23.4 Å². The Labute approximate surface area is 104 Å². The monoisotopic (exact) mass is 277 g/mol. The third-order valence-electron chi connectivity index (χ3n) is 2.47. The molecule has 0 radical (unpaired) electrons. The molecule has 16 heavy (non-hydrogen) atoms. The van der Waals surface area contributed by atoms with Crippen LogP contribution in [0.1, 0.15) is 6.42 Å². The zero-order chi connectivity index (χ0) is 11.8. The van der Waals surface area contributed by atoms with Crippen molar-refractivity contribution in [3.8, 4) is 0 Å². The molecular weight excluding hydrogens is 266 g/mol. The van der Waals surface area contributed by atoms with Gasteiger partial charge < -0.3 is 5.73 Å². The van der Waals surface area contributed by atoms with E-state index in [1.807, 2.05) is 6.07 Å². The summed E-state index contributed by atoms with van der Waals surface area (Å²) in [4.78, 5) is 0.973. The van der Waals surface area contributed by atoms with Gasteiger partial charge in [0.25, 0.3) is 0 Å². The molecule has 1 aromatic carbocycles. The van der Waals surface area contributed by atoms with Gasteiger partial charge in [0.1, 0.15) is 0 Å². The van der Waals surface area contributed by atoms with Gasteiger partial charge in [-0.3, -0.25) is 0 Å². The maximum absolute atomic E-state index is 11.3. The normalized spacial score (nSPS) is 23.4. The van der Waals surface area contributed by atoms with Crippen molar-refractivity contribution in [2.45, 2.75) is 16.6 Å². The molecule has 0 aromatic heterocycles. The minimum atomic E-state index is -2.81. The quantitative estimate of drug-likeness (QED) is 0.842. The summed E-state index contributed by atoms with van der Waals surface area (Å²) in [7, 11) is -2.81. The molecule has 0 saturated carbocycles. The van der Waals surface area contributed by atoms with Gasteiger partial charge in [-0.2, -0.15) is 0 Å². The number of nitrogens with two attached hydrogens (primary N) is 1. The Morgan fingerprint density at radius 1 is 1.44 bits per heavy atom. The van der Waals surface area contributed by atoms with Gasteiger partial charge in [0.2, 0.25) is 0 Å². The average molecular weight is 278 g/mol.